The summed E-state index contributed by atoms with van der Waals surface area (Å²) in [5.74, 6) is 1.40. The van der Waals surface area contributed by atoms with E-state index in [0.717, 1.165) is 21.5 Å². The van der Waals surface area contributed by atoms with Crippen LogP contribution >= 0.6 is 27.5 Å². The molecule has 0 fully saturated rings. The Morgan fingerprint density at radius 2 is 2.05 bits per heavy atom. The summed E-state index contributed by atoms with van der Waals surface area (Å²) in [6.07, 6.45) is 1.84. The Morgan fingerprint density at radius 1 is 1.29 bits per heavy atom. The highest BCUT2D eigenvalue weighted by Gasteiger charge is 2.10. The fourth-order valence-corrected chi connectivity index (χ4v) is 2.27. The van der Waals surface area contributed by atoms with E-state index < -0.39 is 0 Å². The molecule has 1 aromatic heterocycles. The van der Waals surface area contributed by atoms with Gasteiger partial charge in [-0.3, -0.25) is 4.98 Å². The van der Waals surface area contributed by atoms with Crippen molar-refractivity contribution in [2.45, 2.75) is 33.4 Å². The predicted octanol–water partition coefficient (Wildman–Crippen LogP) is 5.10. The molecule has 0 aliphatic carbocycles. The Bertz CT molecular complexity index is 632. The summed E-state index contributed by atoms with van der Waals surface area (Å²) in [6.45, 7) is 6.85. The van der Waals surface area contributed by atoms with Crippen molar-refractivity contribution in [3.8, 4) is 11.5 Å². The van der Waals surface area contributed by atoms with E-state index in [1.54, 1.807) is 6.07 Å². The lowest BCUT2D eigenvalue weighted by Gasteiger charge is -2.14. The van der Waals surface area contributed by atoms with Gasteiger partial charge in [-0.25, -0.2) is 0 Å². The van der Waals surface area contributed by atoms with Gasteiger partial charge in [0.1, 0.15) is 11.5 Å². The van der Waals surface area contributed by atoms with Crippen LogP contribution in [0.5, 0.6) is 11.5 Å². The number of aryl methyl sites for hydroxylation is 1. The summed E-state index contributed by atoms with van der Waals surface area (Å²) in [7, 11) is 0. The van der Waals surface area contributed by atoms with Gasteiger partial charge in [-0.15, -0.1) is 0 Å². The van der Waals surface area contributed by atoms with Crippen LogP contribution in [0.25, 0.3) is 0 Å². The lowest BCUT2D eigenvalue weighted by atomic mass is 10.2. The number of halogens is 2. The Balaban J connectivity index is 2.29. The van der Waals surface area contributed by atoms with E-state index in [2.05, 4.69) is 40.1 Å². The molecule has 112 valence electrons. The summed E-state index contributed by atoms with van der Waals surface area (Å²) in [5, 5.41) is 3.95. The molecular weight excluding hydrogens is 352 g/mol. The summed E-state index contributed by atoms with van der Waals surface area (Å²) in [5.41, 5.74) is 1.91. The fraction of sp³-hybridized carbons (Fsp3) is 0.312. The van der Waals surface area contributed by atoms with Gasteiger partial charge in [0.15, 0.2) is 0 Å². The van der Waals surface area contributed by atoms with Crippen molar-refractivity contribution >= 4 is 27.5 Å². The number of hydrogen-bond acceptors (Lipinski definition) is 3. The summed E-state index contributed by atoms with van der Waals surface area (Å²) in [4.78, 5) is 4.34. The minimum atomic E-state index is 0.397. The highest BCUT2D eigenvalue weighted by molar-refractivity contribution is 9.10. The highest BCUT2D eigenvalue weighted by atomic mass is 79.9. The topological polar surface area (TPSA) is 34.1 Å². The van der Waals surface area contributed by atoms with Gasteiger partial charge in [0, 0.05) is 40.6 Å². The molecule has 5 heteroatoms. The van der Waals surface area contributed by atoms with E-state index in [0.29, 0.717) is 23.4 Å². The Morgan fingerprint density at radius 3 is 2.76 bits per heavy atom. The molecule has 1 heterocycles. The van der Waals surface area contributed by atoms with Crippen molar-refractivity contribution in [1.29, 1.82) is 0 Å². The molecular formula is C16H18BrClN2O. The van der Waals surface area contributed by atoms with Gasteiger partial charge in [0.05, 0.1) is 5.02 Å². The van der Waals surface area contributed by atoms with Gasteiger partial charge in [-0.05, 0) is 25.1 Å². The molecule has 0 amide bonds. The van der Waals surface area contributed by atoms with Crippen LogP contribution in [0.2, 0.25) is 5.02 Å². The third-order valence-electron chi connectivity index (χ3n) is 2.89. The quantitative estimate of drug-likeness (QED) is 0.796. The molecule has 0 bridgehead atoms. The molecule has 0 saturated heterocycles. The summed E-state index contributed by atoms with van der Waals surface area (Å²) >= 11 is 9.62. The van der Waals surface area contributed by atoms with E-state index in [1.807, 2.05) is 31.3 Å². The van der Waals surface area contributed by atoms with E-state index in [9.17, 15) is 0 Å². The van der Waals surface area contributed by atoms with Crippen LogP contribution in [0.15, 0.2) is 34.9 Å². The number of nitrogens with one attached hydrogen (secondary N) is 1. The van der Waals surface area contributed by atoms with Gasteiger partial charge in [0.2, 0.25) is 0 Å². The molecule has 2 aromatic rings. The van der Waals surface area contributed by atoms with E-state index in [1.165, 1.54) is 0 Å². The zero-order chi connectivity index (χ0) is 15.4. The van der Waals surface area contributed by atoms with Crippen LogP contribution in [-0.4, -0.2) is 11.0 Å². The first kappa shape index (κ1) is 16.3. The molecule has 0 atom stereocenters. The third kappa shape index (κ3) is 4.70. The maximum absolute atomic E-state index is 6.19. The van der Waals surface area contributed by atoms with Crippen LogP contribution < -0.4 is 10.1 Å². The fourth-order valence-electron chi connectivity index (χ4n) is 1.78. The molecule has 3 nitrogen and oxygen atoms in total. The minimum Gasteiger partial charge on any atom is -0.455 e. The number of nitrogens with zero attached hydrogens (tertiary/aromatic N) is 1. The largest absolute Gasteiger partial charge is 0.455 e. The van der Waals surface area contributed by atoms with Crippen molar-refractivity contribution in [2.75, 3.05) is 0 Å². The number of aromatic nitrogens is 1. The molecule has 0 spiro atoms. The molecule has 0 aliphatic heterocycles. The summed E-state index contributed by atoms with van der Waals surface area (Å²) < 4.78 is 6.92. The van der Waals surface area contributed by atoms with Crippen molar-refractivity contribution in [3.63, 3.8) is 0 Å². The first-order chi connectivity index (χ1) is 9.95. The second kappa shape index (κ2) is 7.25. The summed E-state index contributed by atoms with van der Waals surface area (Å²) in [6, 6.07) is 7.87. The SMILES string of the molecule is Cc1cc(Oc2cc(Br)ccc2Cl)c(CNC(C)C)cn1. The van der Waals surface area contributed by atoms with E-state index >= 15 is 0 Å². The van der Waals surface area contributed by atoms with Crippen molar-refractivity contribution in [2.24, 2.45) is 0 Å². The smallest absolute Gasteiger partial charge is 0.147 e. The molecule has 0 unspecified atom stereocenters. The Labute approximate surface area is 138 Å². The predicted molar refractivity (Wildman–Crippen MR) is 90.2 cm³/mol. The van der Waals surface area contributed by atoms with E-state index in [4.69, 9.17) is 16.3 Å². The van der Waals surface area contributed by atoms with Gasteiger partial charge in [0.25, 0.3) is 0 Å². The highest BCUT2D eigenvalue weighted by Crippen LogP contribution is 2.33. The monoisotopic (exact) mass is 368 g/mol. The molecule has 0 radical (unpaired) electrons. The van der Waals surface area contributed by atoms with Crippen molar-refractivity contribution in [1.82, 2.24) is 10.3 Å². The van der Waals surface area contributed by atoms with Gasteiger partial charge < -0.3 is 10.1 Å². The van der Waals surface area contributed by atoms with Crippen LogP contribution in [0.4, 0.5) is 0 Å². The van der Waals surface area contributed by atoms with Gasteiger partial charge in [-0.1, -0.05) is 41.4 Å². The van der Waals surface area contributed by atoms with Crippen molar-refractivity contribution < 1.29 is 4.74 Å². The number of pyridine rings is 1. The lowest BCUT2D eigenvalue weighted by molar-refractivity contribution is 0.467. The average molecular weight is 370 g/mol. The molecule has 1 N–H and O–H groups in total. The van der Waals surface area contributed by atoms with Crippen LogP contribution in [0.1, 0.15) is 25.1 Å². The second-order valence-electron chi connectivity index (χ2n) is 5.15. The standard InChI is InChI=1S/C16H18BrClN2O/c1-10(2)19-8-12-9-20-11(3)6-15(12)21-16-7-13(17)4-5-14(16)18/h4-7,9-10,19H,8H2,1-3H3. The number of hydrogen-bond donors (Lipinski definition) is 1. The average Bonchev–Trinajstić information content (AvgIpc) is 2.42. The molecule has 0 saturated carbocycles. The van der Waals surface area contributed by atoms with Crippen LogP contribution in [0.3, 0.4) is 0 Å². The van der Waals surface area contributed by atoms with Crippen LogP contribution in [0, 0.1) is 6.92 Å². The van der Waals surface area contributed by atoms with Crippen molar-refractivity contribution in [3.05, 3.63) is 51.2 Å². The Kier molecular flexibility index (Phi) is 5.62. The normalized spacial score (nSPS) is 11.0. The molecule has 21 heavy (non-hydrogen) atoms. The second-order valence-corrected chi connectivity index (χ2v) is 6.47. The number of benzene rings is 1. The van der Waals surface area contributed by atoms with Crippen LogP contribution in [-0.2, 0) is 6.54 Å². The molecule has 0 aliphatic rings. The first-order valence-corrected chi connectivity index (χ1v) is 7.94. The third-order valence-corrected chi connectivity index (χ3v) is 3.70. The molecule has 2 rings (SSSR count). The Hall–Kier alpha value is -1.10. The maximum atomic E-state index is 6.19. The van der Waals surface area contributed by atoms with Gasteiger partial charge in [-0.2, -0.15) is 0 Å². The minimum absolute atomic E-state index is 0.397. The molecule has 1 aromatic carbocycles. The maximum Gasteiger partial charge on any atom is 0.147 e. The van der Waals surface area contributed by atoms with Gasteiger partial charge >= 0.3 is 0 Å². The zero-order valence-electron chi connectivity index (χ0n) is 12.3. The zero-order valence-corrected chi connectivity index (χ0v) is 14.6. The number of rotatable bonds is 5. The lowest BCUT2D eigenvalue weighted by Crippen LogP contribution is -2.22. The number of ether oxygens (including phenoxy) is 1. The first-order valence-electron chi connectivity index (χ1n) is 6.77. The van der Waals surface area contributed by atoms with E-state index in [-0.39, 0.29) is 0 Å².